The predicted molar refractivity (Wildman–Crippen MR) is 80.9 cm³/mol. The van der Waals surface area contributed by atoms with Crippen molar-refractivity contribution in [2.24, 2.45) is 0 Å². The molecule has 1 atom stereocenters. The van der Waals surface area contributed by atoms with Crippen molar-refractivity contribution in [3.8, 4) is 0 Å². The summed E-state index contributed by atoms with van der Waals surface area (Å²) in [4.78, 5) is 25.0. The van der Waals surface area contributed by atoms with E-state index in [0.717, 1.165) is 31.2 Å². The van der Waals surface area contributed by atoms with Crippen molar-refractivity contribution in [1.82, 2.24) is 0 Å². The molecule has 0 saturated carbocycles. The average molecular weight is 316 g/mol. The van der Waals surface area contributed by atoms with Crippen LogP contribution in [0.5, 0.6) is 0 Å². The number of carbonyl (C=O) groups is 2. The number of alkyl halides is 1. The van der Waals surface area contributed by atoms with E-state index in [2.05, 4.69) is 5.32 Å². The summed E-state index contributed by atoms with van der Waals surface area (Å²) >= 11 is 7.25. The molecule has 1 aromatic heterocycles. The molecule has 0 radical (unpaired) electrons. The fourth-order valence-electron chi connectivity index (χ4n) is 2.36. The number of halogens is 1. The lowest BCUT2D eigenvalue weighted by Gasteiger charge is -2.08. The molecular formula is C14H18ClNO3S. The van der Waals surface area contributed by atoms with Crippen molar-refractivity contribution in [1.29, 1.82) is 0 Å². The van der Waals surface area contributed by atoms with E-state index in [1.165, 1.54) is 29.7 Å². The standard InChI is InChI=1S/C14H18ClNO3S/c1-8(15)12(17)16-13-11(14(18)19-2)9-6-4-3-5-7-10(9)20-13/h8H,3-7H2,1-2H3,(H,16,17)/t8-/m1/s1. The van der Waals surface area contributed by atoms with Crippen LogP contribution in [0.3, 0.4) is 0 Å². The number of hydrogen-bond donors (Lipinski definition) is 1. The molecule has 0 aliphatic heterocycles. The van der Waals surface area contributed by atoms with Crippen LogP contribution in [0.15, 0.2) is 0 Å². The van der Waals surface area contributed by atoms with Gasteiger partial charge in [0, 0.05) is 4.88 Å². The van der Waals surface area contributed by atoms with Crippen LogP contribution in [0.4, 0.5) is 5.00 Å². The number of hydrogen-bond acceptors (Lipinski definition) is 4. The first kappa shape index (κ1) is 15.3. The van der Waals surface area contributed by atoms with Gasteiger partial charge in [0.1, 0.15) is 10.4 Å². The first-order chi connectivity index (χ1) is 9.54. The summed E-state index contributed by atoms with van der Waals surface area (Å²) in [6, 6.07) is 0. The highest BCUT2D eigenvalue weighted by Crippen LogP contribution is 2.38. The van der Waals surface area contributed by atoms with Crippen LogP contribution in [0.2, 0.25) is 0 Å². The minimum absolute atomic E-state index is 0.298. The predicted octanol–water partition coefficient (Wildman–Crippen LogP) is 3.37. The zero-order chi connectivity index (χ0) is 14.7. The fourth-order valence-corrected chi connectivity index (χ4v) is 3.69. The summed E-state index contributed by atoms with van der Waals surface area (Å²) < 4.78 is 4.87. The van der Waals surface area contributed by atoms with Crippen LogP contribution >= 0.6 is 22.9 Å². The SMILES string of the molecule is COC(=O)c1c(NC(=O)[C@@H](C)Cl)sc2c1CCCCC2. The fraction of sp³-hybridized carbons (Fsp3) is 0.571. The molecule has 110 valence electrons. The van der Waals surface area contributed by atoms with E-state index in [1.807, 2.05) is 0 Å². The Hall–Kier alpha value is -1.07. The molecule has 2 rings (SSSR count). The van der Waals surface area contributed by atoms with Crippen molar-refractivity contribution in [3.63, 3.8) is 0 Å². The number of carbonyl (C=O) groups excluding carboxylic acids is 2. The van der Waals surface area contributed by atoms with E-state index in [-0.39, 0.29) is 11.9 Å². The lowest BCUT2D eigenvalue weighted by molar-refractivity contribution is -0.115. The van der Waals surface area contributed by atoms with Gasteiger partial charge in [-0.15, -0.1) is 22.9 Å². The lowest BCUT2D eigenvalue weighted by Crippen LogP contribution is -2.21. The Morgan fingerprint density at radius 1 is 1.30 bits per heavy atom. The molecule has 1 N–H and O–H groups in total. The second kappa shape index (κ2) is 6.59. The first-order valence-corrected chi connectivity index (χ1v) is 7.97. The average Bonchev–Trinajstić information content (AvgIpc) is 2.59. The van der Waals surface area contributed by atoms with E-state index in [4.69, 9.17) is 16.3 Å². The highest BCUT2D eigenvalue weighted by atomic mass is 35.5. The van der Waals surface area contributed by atoms with Gasteiger partial charge in [0.05, 0.1) is 12.7 Å². The maximum atomic E-state index is 12.0. The van der Waals surface area contributed by atoms with Crippen LogP contribution in [-0.2, 0) is 22.4 Å². The second-order valence-corrected chi connectivity index (χ2v) is 6.63. The molecule has 0 saturated heterocycles. The number of amides is 1. The number of anilines is 1. The van der Waals surface area contributed by atoms with Crippen molar-refractivity contribution >= 4 is 39.8 Å². The maximum absolute atomic E-state index is 12.0. The molecule has 20 heavy (non-hydrogen) atoms. The molecule has 0 fully saturated rings. The largest absolute Gasteiger partial charge is 0.465 e. The smallest absolute Gasteiger partial charge is 0.341 e. The topological polar surface area (TPSA) is 55.4 Å². The van der Waals surface area contributed by atoms with E-state index in [9.17, 15) is 9.59 Å². The van der Waals surface area contributed by atoms with Gasteiger partial charge in [-0.1, -0.05) is 6.42 Å². The second-order valence-electron chi connectivity index (χ2n) is 4.87. The summed E-state index contributed by atoms with van der Waals surface area (Å²) in [6.45, 7) is 1.60. The Morgan fingerprint density at radius 3 is 2.65 bits per heavy atom. The van der Waals surface area contributed by atoms with Gasteiger partial charge in [-0.25, -0.2) is 4.79 Å². The zero-order valence-electron chi connectivity index (χ0n) is 11.6. The van der Waals surface area contributed by atoms with Gasteiger partial charge in [-0.05, 0) is 38.2 Å². The van der Waals surface area contributed by atoms with E-state index in [0.29, 0.717) is 10.6 Å². The van der Waals surface area contributed by atoms with Gasteiger partial charge >= 0.3 is 5.97 Å². The van der Waals surface area contributed by atoms with Gasteiger partial charge in [0.25, 0.3) is 0 Å². The van der Waals surface area contributed by atoms with Gasteiger partial charge in [-0.3, -0.25) is 4.79 Å². The van der Waals surface area contributed by atoms with E-state index < -0.39 is 5.38 Å². The third kappa shape index (κ3) is 3.15. The molecule has 0 bridgehead atoms. The van der Waals surface area contributed by atoms with Crippen LogP contribution in [0, 0.1) is 0 Å². The first-order valence-electron chi connectivity index (χ1n) is 6.72. The Balaban J connectivity index is 2.40. The Bertz CT molecular complexity index is 525. The number of fused-ring (bicyclic) bond motifs is 1. The number of aryl methyl sites for hydroxylation is 1. The highest BCUT2D eigenvalue weighted by molar-refractivity contribution is 7.17. The number of thiophene rings is 1. The number of ether oxygens (including phenoxy) is 1. The number of methoxy groups -OCH3 is 1. The molecule has 0 spiro atoms. The monoisotopic (exact) mass is 315 g/mol. The molecular weight excluding hydrogens is 298 g/mol. The minimum atomic E-state index is -0.637. The summed E-state index contributed by atoms with van der Waals surface area (Å²) in [5.74, 6) is -0.685. The third-order valence-corrected chi connectivity index (χ3v) is 4.81. The van der Waals surface area contributed by atoms with Gasteiger partial charge < -0.3 is 10.1 Å². The molecule has 1 amide bonds. The van der Waals surface area contributed by atoms with Gasteiger partial charge in [0.15, 0.2) is 0 Å². The molecule has 1 aliphatic rings. The molecule has 1 aromatic rings. The van der Waals surface area contributed by atoms with Crippen molar-refractivity contribution < 1.29 is 14.3 Å². The Labute approximate surface area is 127 Å². The Kier molecular flexibility index (Phi) is 5.05. The number of nitrogens with one attached hydrogen (secondary N) is 1. The molecule has 1 heterocycles. The molecule has 4 nitrogen and oxygen atoms in total. The quantitative estimate of drug-likeness (QED) is 0.528. The minimum Gasteiger partial charge on any atom is -0.465 e. The lowest BCUT2D eigenvalue weighted by atomic mass is 10.1. The zero-order valence-corrected chi connectivity index (χ0v) is 13.2. The van der Waals surface area contributed by atoms with Crippen LogP contribution in [0.25, 0.3) is 0 Å². The van der Waals surface area contributed by atoms with Crippen LogP contribution in [-0.4, -0.2) is 24.4 Å². The van der Waals surface area contributed by atoms with Crippen molar-refractivity contribution in [2.45, 2.75) is 44.4 Å². The van der Waals surface area contributed by atoms with E-state index in [1.54, 1.807) is 6.92 Å². The van der Waals surface area contributed by atoms with Crippen molar-refractivity contribution in [3.05, 3.63) is 16.0 Å². The summed E-state index contributed by atoms with van der Waals surface area (Å²) in [5, 5.41) is 2.68. The van der Waals surface area contributed by atoms with Crippen molar-refractivity contribution in [2.75, 3.05) is 12.4 Å². The van der Waals surface area contributed by atoms with Gasteiger partial charge in [0.2, 0.25) is 5.91 Å². The summed E-state index contributed by atoms with van der Waals surface area (Å²) in [5.41, 5.74) is 1.55. The molecule has 6 heteroatoms. The molecule has 0 aromatic carbocycles. The normalized spacial score (nSPS) is 15.9. The number of esters is 1. The van der Waals surface area contributed by atoms with Crippen LogP contribution in [0.1, 0.15) is 47.0 Å². The van der Waals surface area contributed by atoms with E-state index >= 15 is 0 Å². The van der Waals surface area contributed by atoms with Crippen LogP contribution < -0.4 is 5.32 Å². The third-order valence-electron chi connectivity index (χ3n) is 3.41. The molecule has 0 unspecified atom stereocenters. The Morgan fingerprint density at radius 2 is 2.00 bits per heavy atom. The number of rotatable bonds is 3. The summed E-state index contributed by atoms with van der Waals surface area (Å²) in [6.07, 6.45) is 5.17. The molecule has 1 aliphatic carbocycles. The maximum Gasteiger partial charge on any atom is 0.341 e. The summed E-state index contributed by atoms with van der Waals surface area (Å²) in [7, 11) is 1.36. The van der Waals surface area contributed by atoms with Gasteiger partial charge in [-0.2, -0.15) is 0 Å². The highest BCUT2D eigenvalue weighted by Gasteiger charge is 2.26.